The Hall–Kier alpha value is -2.21. The van der Waals surface area contributed by atoms with Crippen LogP contribution in [-0.2, 0) is 9.53 Å². The van der Waals surface area contributed by atoms with Crippen molar-refractivity contribution in [1.82, 2.24) is 14.8 Å². The summed E-state index contributed by atoms with van der Waals surface area (Å²) in [5.41, 5.74) is 1.60. The van der Waals surface area contributed by atoms with E-state index in [1.54, 1.807) is 23.1 Å². The van der Waals surface area contributed by atoms with Crippen LogP contribution in [0.25, 0.3) is 5.69 Å². The summed E-state index contributed by atoms with van der Waals surface area (Å²) in [6.45, 7) is 0.0465. The highest BCUT2D eigenvalue weighted by molar-refractivity contribution is 5.91. The molecular weight excluding hydrogens is 220 g/mol. The van der Waals surface area contributed by atoms with E-state index in [-0.39, 0.29) is 12.5 Å². The second kappa shape index (κ2) is 5.22. The molecule has 0 spiro atoms. The van der Waals surface area contributed by atoms with Gasteiger partial charge in [0, 0.05) is 12.8 Å². The second-order valence-corrected chi connectivity index (χ2v) is 3.37. The topological polar surface area (TPSA) is 69.0 Å². The third kappa shape index (κ3) is 2.88. The summed E-state index contributed by atoms with van der Waals surface area (Å²) in [5.74, 6) is -0.180. The molecule has 17 heavy (non-hydrogen) atoms. The molecule has 1 aromatic heterocycles. The van der Waals surface area contributed by atoms with Gasteiger partial charge >= 0.3 is 0 Å². The van der Waals surface area contributed by atoms with E-state index >= 15 is 0 Å². The highest BCUT2D eigenvalue weighted by Gasteiger charge is 2.01. The predicted molar refractivity (Wildman–Crippen MR) is 61.9 cm³/mol. The first kappa shape index (κ1) is 11.3. The normalized spacial score (nSPS) is 10.2. The molecule has 1 amide bonds. The van der Waals surface area contributed by atoms with E-state index in [4.69, 9.17) is 4.74 Å². The number of nitrogens with zero attached hydrogens (tertiary/aromatic N) is 3. The summed E-state index contributed by atoms with van der Waals surface area (Å²) in [4.78, 5) is 15.1. The Bertz CT molecular complexity index is 479. The van der Waals surface area contributed by atoms with Gasteiger partial charge in [-0.2, -0.15) is 5.10 Å². The van der Waals surface area contributed by atoms with Gasteiger partial charge in [0.05, 0.1) is 5.69 Å². The third-order valence-corrected chi connectivity index (χ3v) is 2.11. The van der Waals surface area contributed by atoms with Crippen LogP contribution in [0.5, 0.6) is 0 Å². The minimum absolute atomic E-state index is 0.0465. The minimum Gasteiger partial charge on any atom is -0.375 e. The Balaban J connectivity index is 2.06. The summed E-state index contributed by atoms with van der Waals surface area (Å²) in [6.07, 6.45) is 3.08. The molecule has 1 N–H and O–H groups in total. The lowest BCUT2D eigenvalue weighted by Crippen LogP contribution is -2.16. The minimum atomic E-state index is -0.180. The van der Waals surface area contributed by atoms with E-state index in [2.05, 4.69) is 15.4 Å². The Morgan fingerprint density at radius 1 is 1.41 bits per heavy atom. The van der Waals surface area contributed by atoms with Crippen LogP contribution in [0.15, 0.2) is 36.9 Å². The number of methoxy groups -OCH3 is 1. The average molecular weight is 232 g/mol. The van der Waals surface area contributed by atoms with Gasteiger partial charge in [-0.1, -0.05) is 0 Å². The van der Waals surface area contributed by atoms with E-state index in [1.807, 2.05) is 12.1 Å². The number of hydrogen-bond acceptors (Lipinski definition) is 4. The van der Waals surface area contributed by atoms with Crippen molar-refractivity contribution in [2.75, 3.05) is 19.0 Å². The van der Waals surface area contributed by atoms with Crippen LogP contribution in [-0.4, -0.2) is 34.4 Å². The Morgan fingerprint density at radius 3 is 2.76 bits per heavy atom. The molecule has 0 aliphatic rings. The van der Waals surface area contributed by atoms with Crippen LogP contribution in [0.2, 0.25) is 0 Å². The zero-order chi connectivity index (χ0) is 12.1. The lowest BCUT2D eigenvalue weighted by Gasteiger charge is -2.05. The van der Waals surface area contributed by atoms with Crippen molar-refractivity contribution in [1.29, 1.82) is 0 Å². The van der Waals surface area contributed by atoms with Gasteiger partial charge in [0.15, 0.2) is 0 Å². The molecule has 0 unspecified atom stereocenters. The van der Waals surface area contributed by atoms with Gasteiger partial charge in [-0.15, -0.1) is 0 Å². The number of hydrogen-bond donors (Lipinski definition) is 1. The largest absolute Gasteiger partial charge is 0.375 e. The summed E-state index contributed by atoms with van der Waals surface area (Å²) in [7, 11) is 1.48. The maximum absolute atomic E-state index is 11.3. The molecule has 6 nitrogen and oxygen atoms in total. The summed E-state index contributed by atoms with van der Waals surface area (Å²) in [5, 5.41) is 6.71. The maximum atomic E-state index is 11.3. The van der Waals surface area contributed by atoms with E-state index in [9.17, 15) is 4.79 Å². The number of benzene rings is 1. The molecule has 0 aliphatic heterocycles. The van der Waals surface area contributed by atoms with Gasteiger partial charge in [0.2, 0.25) is 5.91 Å². The van der Waals surface area contributed by atoms with Crippen LogP contribution in [0.3, 0.4) is 0 Å². The van der Waals surface area contributed by atoms with Crippen LogP contribution >= 0.6 is 0 Å². The zero-order valence-electron chi connectivity index (χ0n) is 9.33. The molecule has 0 atom stereocenters. The molecule has 0 saturated carbocycles. The van der Waals surface area contributed by atoms with Crippen LogP contribution in [0.4, 0.5) is 5.69 Å². The van der Waals surface area contributed by atoms with E-state index < -0.39 is 0 Å². The third-order valence-electron chi connectivity index (χ3n) is 2.11. The van der Waals surface area contributed by atoms with Crippen molar-refractivity contribution in [3.8, 4) is 5.69 Å². The van der Waals surface area contributed by atoms with E-state index in [0.29, 0.717) is 0 Å². The first-order valence-corrected chi connectivity index (χ1v) is 5.03. The first-order valence-electron chi connectivity index (χ1n) is 5.03. The molecule has 1 heterocycles. The summed E-state index contributed by atoms with van der Waals surface area (Å²) in [6, 6.07) is 7.28. The van der Waals surface area contributed by atoms with Gasteiger partial charge < -0.3 is 10.1 Å². The number of ether oxygens (including phenoxy) is 1. The highest BCUT2D eigenvalue weighted by Crippen LogP contribution is 2.11. The number of amides is 1. The number of aromatic nitrogens is 3. The number of rotatable bonds is 4. The van der Waals surface area contributed by atoms with Crippen molar-refractivity contribution in [2.45, 2.75) is 0 Å². The quantitative estimate of drug-likeness (QED) is 0.848. The smallest absolute Gasteiger partial charge is 0.250 e. The van der Waals surface area contributed by atoms with Crippen LogP contribution < -0.4 is 5.32 Å². The number of carbonyl (C=O) groups excluding carboxylic acids is 1. The molecule has 0 fully saturated rings. The van der Waals surface area contributed by atoms with Gasteiger partial charge in [-0.25, -0.2) is 9.67 Å². The van der Waals surface area contributed by atoms with Crippen molar-refractivity contribution in [2.24, 2.45) is 0 Å². The molecule has 0 bridgehead atoms. The SMILES string of the molecule is COCC(=O)Nc1ccc(-n2cncn2)cc1. The van der Waals surface area contributed by atoms with Crippen LogP contribution in [0, 0.1) is 0 Å². The summed E-state index contributed by atoms with van der Waals surface area (Å²) < 4.78 is 6.36. The monoisotopic (exact) mass is 232 g/mol. The molecule has 1 aromatic carbocycles. The van der Waals surface area contributed by atoms with Crippen molar-refractivity contribution < 1.29 is 9.53 Å². The van der Waals surface area contributed by atoms with Crippen molar-refractivity contribution in [3.05, 3.63) is 36.9 Å². The van der Waals surface area contributed by atoms with Gasteiger partial charge in [0.1, 0.15) is 19.3 Å². The fraction of sp³-hybridized carbons (Fsp3) is 0.182. The van der Waals surface area contributed by atoms with Gasteiger partial charge in [-0.3, -0.25) is 4.79 Å². The standard InChI is InChI=1S/C11H12N4O2/c1-17-6-11(16)14-9-2-4-10(5-3-9)15-8-12-7-13-15/h2-5,7-8H,6H2,1H3,(H,14,16). The van der Waals surface area contributed by atoms with Crippen LogP contribution in [0.1, 0.15) is 0 Å². The molecule has 0 radical (unpaired) electrons. The predicted octanol–water partition coefficient (Wildman–Crippen LogP) is 0.852. The Kier molecular flexibility index (Phi) is 3.46. The molecule has 0 saturated heterocycles. The first-order chi connectivity index (χ1) is 8.29. The fourth-order valence-corrected chi connectivity index (χ4v) is 1.37. The number of nitrogens with one attached hydrogen (secondary N) is 1. The molecular formula is C11H12N4O2. The highest BCUT2D eigenvalue weighted by atomic mass is 16.5. The average Bonchev–Trinajstić information content (AvgIpc) is 2.84. The van der Waals surface area contributed by atoms with Gasteiger partial charge in [-0.05, 0) is 24.3 Å². The van der Waals surface area contributed by atoms with Gasteiger partial charge in [0.25, 0.3) is 0 Å². The molecule has 2 aromatic rings. The van der Waals surface area contributed by atoms with E-state index in [1.165, 1.54) is 13.4 Å². The number of anilines is 1. The summed E-state index contributed by atoms with van der Waals surface area (Å²) >= 11 is 0. The van der Waals surface area contributed by atoms with Crippen molar-refractivity contribution >= 4 is 11.6 Å². The number of carbonyl (C=O) groups is 1. The maximum Gasteiger partial charge on any atom is 0.250 e. The lowest BCUT2D eigenvalue weighted by molar-refractivity contribution is -0.119. The molecule has 0 aliphatic carbocycles. The molecule has 2 rings (SSSR count). The Morgan fingerprint density at radius 2 is 2.18 bits per heavy atom. The molecule has 6 heteroatoms. The molecule has 88 valence electrons. The lowest BCUT2D eigenvalue weighted by atomic mass is 10.3. The Labute approximate surface area is 98.2 Å². The second-order valence-electron chi connectivity index (χ2n) is 3.37. The fourth-order valence-electron chi connectivity index (χ4n) is 1.37. The van der Waals surface area contributed by atoms with Crippen molar-refractivity contribution in [3.63, 3.8) is 0 Å². The van der Waals surface area contributed by atoms with E-state index in [0.717, 1.165) is 11.4 Å². The zero-order valence-corrected chi connectivity index (χ0v) is 9.33.